The lowest BCUT2D eigenvalue weighted by Crippen LogP contribution is -1.79. The Hall–Kier alpha value is -1.65. The summed E-state index contributed by atoms with van der Waals surface area (Å²) in [5, 5.41) is 10.8. The van der Waals surface area contributed by atoms with E-state index < -0.39 is 0 Å². The summed E-state index contributed by atoms with van der Waals surface area (Å²) in [4.78, 5) is 13.6. The van der Waals surface area contributed by atoms with Crippen LogP contribution in [0.5, 0.6) is 5.88 Å². The minimum absolute atomic E-state index is 0.294. The predicted molar refractivity (Wildman–Crippen MR) is 31.8 cm³/mol. The number of aromatic nitrogens is 4. The molecule has 0 spiro atoms. The second-order valence-electron chi connectivity index (χ2n) is 1.78. The highest BCUT2D eigenvalue weighted by molar-refractivity contribution is 5.74. The molecule has 0 saturated heterocycles. The third kappa shape index (κ3) is 0.540. The number of H-pyrrole nitrogens is 1. The number of hydrogen-bond acceptors (Lipinski definition) is 3. The minimum atomic E-state index is -0.341. The standard InChI is InChI=1S/C5H3N4O/c10-5-3-4(7-1-6-3)8-2-9-5/h1-2H,(H,6,7,8,9). The maximum Gasteiger partial charge on any atom is 0.300 e. The maximum atomic E-state index is 10.8. The molecule has 0 bridgehead atoms. The highest BCUT2D eigenvalue weighted by atomic mass is 16.3. The molecule has 2 rings (SSSR count). The first-order chi connectivity index (χ1) is 4.88. The molecule has 2 heterocycles. The van der Waals surface area contributed by atoms with Gasteiger partial charge < -0.3 is 4.98 Å². The lowest BCUT2D eigenvalue weighted by Gasteiger charge is -1.84. The van der Waals surface area contributed by atoms with Gasteiger partial charge in [0.15, 0.2) is 11.2 Å². The van der Waals surface area contributed by atoms with Crippen LogP contribution in [-0.2, 0) is 5.11 Å². The van der Waals surface area contributed by atoms with Crippen molar-refractivity contribution in [3.8, 4) is 5.88 Å². The smallest absolute Gasteiger partial charge is 0.300 e. The first-order valence-electron chi connectivity index (χ1n) is 2.69. The molecule has 1 radical (unpaired) electrons. The summed E-state index contributed by atoms with van der Waals surface area (Å²) in [7, 11) is 0. The highest BCUT2D eigenvalue weighted by Gasteiger charge is 2.03. The Balaban J connectivity index is 2.95. The quantitative estimate of drug-likeness (QED) is 0.571. The van der Waals surface area contributed by atoms with Crippen molar-refractivity contribution in [1.29, 1.82) is 0 Å². The van der Waals surface area contributed by atoms with Crippen LogP contribution >= 0.6 is 0 Å². The van der Waals surface area contributed by atoms with E-state index in [1.807, 2.05) is 0 Å². The molecule has 0 aliphatic carbocycles. The number of hydrogen-bond donors (Lipinski definition) is 1. The molecule has 0 aliphatic heterocycles. The number of nitrogens with one attached hydrogen (secondary N) is 1. The molecule has 1 N–H and O–H groups in total. The first kappa shape index (κ1) is 5.16. The molecule has 0 unspecified atom stereocenters. The highest BCUT2D eigenvalue weighted by Crippen LogP contribution is 2.14. The number of rotatable bonds is 0. The summed E-state index contributed by atoms with van der Waals surface area (Å²) < 4.78 is 0. The van der Waals surface area contributed by atoms with Gasteiger partial charge >= 0.3 is 5.88 Å². The van der Waals surface area contributed by atoms with Gasteiger partial charge in [-0.3, -0.25) is 5.11 Å². The molecule has 0 amide bonds. The fourth-order valence-corrected chi connectivity index (χ4v) is 0.743. The number of fused-ring (bicyclic) bond motifs is 1. The van der Waals surface area contributed by atoms with E-state index in [1.165, 1.54) is 12.7 Å². The molecule has 2 aromatic rings. The summed E-state index contributed by atoms with van der Waals surface area (Å²) >= 11 is 0. The molecule has 5 nitrogen and oxygen atoms in total. The topological polar surface area (TPSA) is 74.4 Å². The summed E-state index contributed by atoms with van der Waals surface area (Å²) in [6.45, 7) is 0. The zero-order valence-electron chi connectivity index (χ0n) is 4.90. The number of nitrogens with zero attached hydrogens (tertiary/aromatic N) is 3. The van der Waals surface area contributed by atoms with Crippen molar-refractivity contribution >= 4 is 11.2 Å². The third-order valence-electron chi connectivity index (χ3n) is 1.18. The van der Waals surface area contributed by atoms with E-state index >= 15 is 0 Å². The van der Waals surface area contributed by atoms with Crippen LogP contribution in [-0.4, -0.2) is 19.9 Å². The second-order valence-corrected chi connectivity index (χ2v) is 1.78. The Morgan fingerprint density at radius 1 is 1.30 bits per heavy atom. The van der Waals surface area contributed by atoms with Crippen LogP contribution in [0.1, 0.15) is 0 Å². The van der Waals surface area contributed by atoms with Crippen molar-refractivity contribution in [2.75, 3.05) is 0 Å². The van der Waals surface area contributed by atoms with E-state index in [9.17, 15) is 5.11 Å². The van der Waals surface area contributed by atoms with Crippen molar-refractivity contribution in [2.24, 2.45) is 0 Å². The Kier molecular flexibility index (Phi) is 0.858. The predicted octanol–water partition coefficient (Wildman–Crippen LogP) is 0.497. The molecule has 0 aromatic carbocycles. The summed E-state index contributed by atoms with van der Waals surface area (Å²) in [6, 6.07) is 0. The fourth-order valence-electron chi connectivity index (χ4n) is 0.743. The molecule has 5 heteroatoms. The molecule has 0 aliphatic rings. The largest absolute Gasteiger partial charge is 0.329 e. The van der Waals surface area contributed by atoms with E-state index in [4.69, 9.17) is 0 Å². The third-order valence-corrected chi connectivity index (χ3v) is 1.18. The zero-order valence-corrected chi connectivity index (χ0v) is 4.90. The van der Waals surface area contributed by atoms with Crippen LogP contribution in [0.3, 0.4) is 0 Å². The van der Waals surface area contributed by atoms with Crippen molar-refractivity contribution in [3.05, 3.63) is 12.7 Å². The molecule has 2 aromatic heterocycles. The van der Waals surface area contributed by atoms with E-state index in [1.54, 1.807) is 0 Å². The van der Waals surface area contributed by atoms with Crippen molar-refractivity contribution in [1.82, 2.24) is 19.9 Å². The molecular weight excluding hydrogens is 132 g/mol. The van der Waals surface area contributed by atoms with Crippen LogP contribution in [0, 0.1) is 0 Å². The van der Waals surface area contributed by atoms with Gasteiger partial charge in [-0.25, -0.2) is 9.97 Å². The monoisotopic (exact) mass is 135 g/mol. The van der Waals surface area contributed by atoms with E-state index in [-0.39, 0.29) is 5.88 Å². The fraction of sp³-hybridized carbons (Fsp3) is 0. The van der Waals surface area contributed by atoms with Gasteiger partial charge in [-0.2, -0.15) is 4.98 Å². The summed E-state index contributed by atoms with van der Waals surface area (Å²) in [5.41, 5.74) is 0.780. The van der Waals surface area contributed by atoms with Crippen molar-refractivity contribution in [3.63, 3.8) is 0 Å². The van der Waals surface area contributed by atoms with Gasteiger partial charge in [0, 0.05) is 0 Å². The SMILES string of the molecule is [O]c1ncnc2[nH]cnc12. The molecule has 0 atom stereocenters. The Morgan fingerprint density at radius 2 is 2.20 bits per heavy atom. The van der Waals surface area contributed by atoms with Crippen LogP contribution < -0.4 is 0 Å². The van der Waals surface area contributed by atoms with Crippen molar-refractivity contribution in [2.45, 2.75) is 0 Å². The van der Waals surface area contributed by atoms with Crippen LogP contribution in [0.2, 0.25) is 0 Å². The normalized spacial score (nSPS) is 10.4. The van der Waals surface area contributed by atoms with Crippen LogP contribution in [0.4, 0.5) is 0 Å². The van der Waals surface area contributed by atoms with Gasteiger partial charge in [-0.05, 0) is 0 Å². The lowest BCUT2D eigenvalue weighted by molar-refractivity contribution is 0.341. The summed E-state index contributed by atoms with van der Waals surface area (Å²) in [6.07, 6.45) is 2.63. The molecule has 0 saturated carbocycles. The van der Waals surface area contributed by atoms with Crippen LogP contribution in [0.25, 0.3) is 11.2 Å². The number of imidazole rings is 1. The minimum Gasteiger partial charge on any atom is -0.329 e. The van der Waals surface area contributed by atoms with E-state index in [0.717, 1.165) is 0 Å². The van der Waals surface area contributed by atoms with Gasteiger partial charge in [-0.1, -0.05) is 0 Å². The summed E-state index contributed by atoms with van der Waals surface area (Å²) in [5.74, 6) is -0.341. The Morgan fingerprint density at radius 3 is 3.00 bits per heavy atom. The molecule has 0 fully saturated rings. The zero-order chi connectivity index (χ0) is 6.97. The van der Waals surface area contributed by atoms with E-state index in [0.29, 0.717) is 11.2 Å². The first-order valence-corrected chi connectivity index (χ1v) is 2.69. The van der Waals surface area contributed by atoms with E-state index in [2.05, 4.69) is 19.9 Å². The maximum absolute atomic E-state index is 10.8. The van der Waals surface area contributed by atoms with Gasteiger partial charge in [0.05, 0.1) is 6.33 Å². The Bertz CT molecular complexity index is 355. The molecule has 10 heavy (non-hydrogen) atoms. The van der Waals surface area contributed by atoms with Gasteiger partial charge in [0.25, 0.3) is 0 Å². The average molecular weight is 135 g/mol. The van der Waals surface area contributed by atoms with Gasteiger partial charge in [0.1, 0.15) is 6.33 Å². The lowest BCUT2D eigenvalue weighted by atomic mass is 10.5. The van der Waals surface area contributed by atoms with Crippen LogP contribution in [0.15, 0.2) is 12.7 Å². The second kappa shape index (κ2) is 1.66. The number of aromatic amines is 1. The molecular formula is C5H3N4O. The van der Waals surface area contributed by atoms with Gasteiger partial charge in [0.2, 0.25) is 0 Å². The van der Waals surface area contributed by atoms with Gasteiger partial charge in [-0.15, -0.1) is 0 Å². The average Bonchev–Trinajstić information content (AvgIpc) is 2.36. The van der Waals surface area contributed by atoms with Crippen molar-refractivity contribution < 1.29 is 5.11 Å². The molecule has 49 valence electrons. The Labute approximate surface area is 55.8 Å².